The lowest BCUT2D eigenvalue weighted by Gasteiger charge is -2.61. The van der Waals surface area contributed by atoms with E-state index in [0.717, 1.165) is 25.7 Å². The molecule has 0 aromatic rings. The lowest BCUT2D eigenvalue weighted by Crippen LogP contribution is -2.61. The minimum Gasteiger partial charge on any atom is -0.365 e. The van der Waals surface area contributed by atoms with E-state index in [1.165, 1.54) is 18.4 Å². The quantitative estimate of drug-likeness (QED) is 0.676. The fourth-order valence-corrected chi connectivity index (χ4v) is 6.85. The predicted octanol–water partition coefficient (Wildman–Crippen LogP) is 3.20. The van der Waals surface area contributed by atoms with Gasteiger partial charge in [-0.3, -0.25) is 4.79 Å². The first kappa shape index (κ1) is 14.9. The predicted molar refractivity (Wildman–Crippen MR) is 83.9 cm³/mol. The van der Waals surface area contributed by atoms with Crippen LogP contribution in [0.25, 0.3) is 0 Å². The maximum atomic E-state index is 11.8. The van der Waals surface area contributed by atoms with Gasteiger partial charge in [0.25, 0.3) is 0 Å². The Balaban J connectivity index is 1.80. The van der Waals surface area contributed by atoms with E-state index in [4.69, 9.17) is 0 Å². The molecule has 0 spiro atoms. The molecule has 3 heteroatoms. The Kier molecular flexibility index (Phi) is 3.01. The molecule has 0 radical (unpaired) electrons. The summed E-state index contributed by atoms with van der Waals surface area (Å²) in [7, 11) is 0. The largest absolute Gasteiger partial charge is 0.365 e. The van der Waals surface area contributed by atoms with Gasteiger partial charge in [0, 0.05) is 18.8 Å². The summed E-state index contributed by atoms with van der Waals surface area (Å²) >= 11 is 0. The van der Waals surface area contributed by atoms with Gasteiger partial charge in [0.15, 0.2) is 11.6 Å². The lowest BCUT2D eigenvalue weighted by molar-refractivity contribution is -0.291. The summed E-state index contributed by atoms with van der Waals surface area (Å²) in [4.78, 5) is 11.8. The molecule has 3 fully saturated rings. The van der Waals surface area contributed by atoms with Crippen molar-refractivity contribution >= 4 is 5.78 Å². The molecule has 0 unspecified atom stereocenters. The Morgan fingerprint density at radius 3 is 2.68 bits per heavy atom. The van der Waals surface area contributed by atoms with E-state index in [1.54, 1.807) is 0 Å². The molecule has 3 saturated carbocycles. The normalized spacial score (nSPS) is 49.9. The summed E-state index contributed by atoms with van der Waals surface area (Å²) in [6, 6.07) is 0. The van der Waals surface area contributed by atoms with Crippen LogP contribution in [0.5, 0.6) is 0 Å². The second-order valence-corrected chi connectivity index (χ2v) is 8.94. The molecule has 0 aliphatic heterocycles. The minimum atomic E-state index is -1.59. The first-order valence-corrected chi connectivity index (χ1v) is 8.95. The highest BCUT2D eigenvalue weighted by Gasteiger charge is 2.64. The fraction of sp³-hybridized carbons (Fsp3) is 0.842. The standard InChI is InChI=1S/C19H28O3/c1-17-8-3-4-15(17)14-6-5-12-10-13(20)7-9-18(12,2)16(14)19(21,22)11-17/h10,14-16,21-22H,3-9,11H2,1-2H3/t14-,15-,16+,17-,18-/m0/s1. The van der Waals surface area contributed by atoms with Gasteiger partial charge in [-0.1, -0.05) is 25.8 Å². The Bertz CT molecular complexity index is 549. The number of rotatable bonds is 0. The van der Waals surface area contributed by atoms with Crippen LogP contribution in [0.15, 0.2) is 11.6 Å². The summed E-state index contributed by atoms with van der Waals surface area (Å²) in [5.41, 5.74) is 1.07. The highest BCUT2D eigenvalue weighted by atomic mass is 16.5. The first-order valence-electron chi connectivity index (χ1n) is 8.95. The molecule has 4 aliphatic carbocycles. The number of aliphatic hydroxyl groups is 2. The van der Waals surface area contributed by atoms with Crippen molar-refractivity contribution in [2.45, 2.75) is 71.0 Å². The summed E-state index contributed by atoms with van der Waals surface area (Å²) in [5.74, 6) is -0.458. The van der Waals surface area contributed by atoms with Crippen LogP contribution in [-0.4, -0.2) is 21.8 Å². The smallest absolute Gasteiger partial charge is 0.166 e. The third-order valence-corrected chi connectivity index (χ3v) is 7.66. The SMILES string of the molecule is C[C@@]12CCC[C@H]1[C@@H]1CCC3=CC(=O)CC[C@]3(C)[C@@H]1C(O)(O)C2. The monoisotopic (exact) mass is 304 g/mol. The van der Waals surface area contributed by atoms with Crippen LogP contribution in [0.4, 0.5) is 0 Å². The third kappa shape index (κ3) is 1.85. The zero-order valence-corrected chi connectivity index (χ0v) is 13.8. The van der Waals surface area contributed by atoms with Crippen LogP contribution in [0.1, 0.15) is 65.2 Å². The Labute approximate surface area is 132 Å². The van der Waals surface area contributed by atoms with Gasteiger partial charge in [-0.15, -0.1) is 0 Å². The number of fused-ring (bicyclic) bond motifs is 5. The molecule has 122 valence electrons. The van der Waals surface area contributed by atoms with Gasteiger partial charge in [-0.05, 0) is 60.8 Å². The van der Waals surface area contributed by atoms with Crippen LogP contribution < -0.4 is 0 Å². The molecule has 0 aromatic carbocycles. The zero-order chi connectivity index (χ0) is 15.8. The Morgan fingerprint density at radius 2 is 1.91 bits per heavy atom. The van der Waals surface area contributed by atoms with Crippen LogP contribution in [0.3, 0.4) is 0 Å². The minimum absolute atomic E-state index is 0.0900. The topological polar surface area (TPSA) is 57.5 Å². The van der Waals surface area contributed by atoms with Crippen LogP contribution >= 0.6 is 0 Å². The van der Waals surface area contributed by atoms with Crippen molar-refractivity contribution in [2.75, 3.05) is 0 Å². The van der Waals surface area contributed by atoms with Gasteiger partial charge < -0.3 is 10.2 Å². The summed E-state index contributed by atoms with van der Waals surface area (Å²) in [6.07, 6.45) is 9.23. The van der Waals surface area contributed by atoms with E-state index in [2.05, 4.69) is 13.8 Å². The second-order valence-electron chi connectivity index (χ2n) is 8.94. The Morgan fingerprint density at radius 1 is 1.14 bits per heavy atom. The van der Waals surface area contributed by atoms with E-state index in [-0.39, 0.29) is 22.5 Å². The molecule has 0 aromatic heterocycles. The number of hydrogen-bond donors (Lipinski definition) is 2. The summed E-state index contributed by atoms with van der Waals surface area (Å²) < 4.78 is 0. The van der Waals surface area contributed by atoms with Crippen LogP contribution in [-0.2, 0) is 4.79 Å². The fourth-order valence-electron chi connectivity index (χ4n) is 6.85. The average Bonchev–Trinajstić information content (AvgIpc) is 2.79. The molecular formula is C19H28O3. The number of allylic oxidation sites excluding steroid dienone is 1. The number of carbonyl (C=O) groups is 1. The molecule has 5 atom stereocenters. The van der Waals surface area contributed by atoms with Crippen molar-refractivity contribution < 1.29 is 15.0 Å². The van der Waals surface area contributed by atoms with Crippen molar-refractivity contribution in [1.82, 2.24) is 0 Å². The summed E-state index contributed by atoms with van der Waals surface area (Å²) in [5, 5.41) is 22.0. The molecule has 22 heavy (non-hydrogen) atoms. The molecule has 4 aliphatic rings. The zero-order valence-electron chi connectivity index (χ0n) is 13.8. The van der Waals surface area contributed by atoms with Gasteiger partial charge in [0.05, 0.1) is 0 Å². The Hall–Kier alpha value is -0.670. The highest BCUT2D eigenvalue weighted by molar-refractivity contribution is 5.91. The number of carbonyl (C=O) groups excluding carboxylic acids is 1. The van der Waals surface area contributed by atoms with E-state index in [1.807, 2.05) is 6.08 Å². The molecular weight excluding hydrogens is 276 g/mol. The van der Waals surface area contributed by atoms with Crippen molar-refractivity contribution in [2.24, 2.45) is 28.6 Å². The van der Waals surface area contributed by atoms with Crippen LogP contribution in [0, 0.1) is 28.6 Å². The molecule has 2 N–H and O–H groups in total. The van der Waals surface area contributed by atoms with E-state index < -0.39 is 5.79 Å². The van der Waals surface area contributed by atoms with Gasteiger partial charge >= 0.3 is 0 Å². The van der Waals surface area contributed by atoms with Crippen molar-refractivity contribution in [3.05, 3.63) is 11.6 Å². The molecule has 0 bridgehead atoms. The van der Waals surface area contributed by atoms with Crippen LogP contribution in [0.2, 0.25) is 0 Å². The molecule has 0 saturated heterocycles. The van der Waals surface area contributed by atoms with Crippen molar-refractivity contribution in [3.63, 3.8) is 0 Å². The maximum Gasteiger partial charge on any atom is 0.166 e. The first-order chi connectivity index (χ1) is 10.3. The highest BCUT2D eigenvalue weighted by Crippen LogP contribution is 2.67. The molecule has 0 amide bonds. The van der Waals surface area contributed by atoms with Gasteiger partial charge in [0.2, 0.25) is 0 Å². The molecule has 0 heterocycles. The number of hydrogen-bond acceptors (Lipinski definition) is 3. The maximum absolute atomic E-state index is 11.8. The van der Waals surface area contributed by atoms with Gasteiger partial charge in [-0.25, -0.2) is 0 Å². The third-order valence-electron chi connectivity index (χ3n) is 7.66. The molecule has 4 rings (SSSR count). The lowest BCUT2D eigenvalue weighted by atomic mass is 9.45. The van der Waals surface area contributed by atoms with E-state index in [0.29, 0.717) is 24.7 Å². The molecule has 3 nitrogen and oxygen atoms in total. The summed E-state index contributed by atoms with van der Waals surface area (Å²) in [6.45, 7) is 4.45. The van der Waals surface area contributed by atoms with Crippen molar-refractivity contribution in [1.29, 1.82) is 0 Å². The number of ketones is 1. The second kappa shape index (κ2) is 4.45. The van der Waals surface area contributed by atoms with E-state index in [9.17, 15) is 15.0 Å². The van der Waals surface area contributed by atoms with Gasteiger partial charge in [-0.2, -0.15) is 0 Å². The van der Waals surface area contributed by atoms with Gasteiger partial charge in [0.1, 0.15) is 0 Å². The van der Waals surface area contributed by atoms with Crippen molar-refractivity contribution in [3.8, 4) is 0 Å². The van der Waals surface area contributed by atoms with E-state index >= 15 is 0 Å². The average molecular weight is 304 g/mol.